The number of methoxy groups -OCH3 is 1. The van der Waals surface area contributed by atoms with Gasteiger partial charge in [0.05, 0.1) is 26.3 Å². The van der Waals surface area contributed by atoms with E-state index in [1.807, 2.05) is 30.3 Å². The zero-order valence-corrected chi connectivity index (χ0v) is 16.4. The molecule has 1 N–H and O–H groups in total. The lowest BCUT2D eigenvalue weighted by Crippen LogP contribution is -2.47. The quantitative estimate of drug-likeness (QED) is 0.775. The number of amides is 2. The molecule has 1 aromatic carbocycles. The molecule has 7 heteroatoms. The Bertz CT molecular complexity index is 869. The van der Waals surface area contributed by atoms with Crippen molar-refractivity contribution in [1.29, 1.82) is 0 Å². The van der Waals surface area contributed by atoms with Crippen LogP contribution in [0.25, 0.3) is 0 Å². The van der Waals surface area contributed by atoms with E-state index in [1.165, 1.54) is 0 Å². The SMILES string of the molecule is COc1cccc(CC(=O)N2CC(Oc3cccnc3)CC2C(=O)NC2CC2)c1. The highest BCUT2D eigenvalue weighted by molar-refractivity contribution is 5.89. The molecule has 152 valence electrons. The molecule has 2 aliphatic rings. The number of likely N-dealkylation sites (tertiary alicyclic amines) is 1. The number of nitrogens with zero attached hydrogens (tertiary/aromatic N) is 2. The lowest BCUT2D eigenvalue weighted by Gasteiger charge is -2.23. The standard InChI is InChI=1S/C22H25N3O4/c1-28-17-5-2-4-15(10-17)11-21(26)25-14-19(29-18-6-3-9-23-13-18)12-20(25)22(27)24-16-7-8-16/h2-6,9-10,13,16,19-20H,7-8,11-12,14H2,1H3,(H,24,27). The maximum Gasteiger partial charge on any atom is 0.243 e. The third kappa shape index (κ3) is 4.85. The fourth-order valence-electron chi connectivity index (χ4n) is 3.60. The van der Waals surface area contributed by atoms with Gasteiger partial charge in [-0.2, -0.15) is 0 Å². The predicted molar refractivity (Wildman–Crippen MR) is 107 cm³/mol. The lowest BCUT2D eigenvalue weighted by molar-refractivity contribution is -0.138. The second-order valence-corrected chi connectivity index (χ2v) is 7.54. The molecule has 2 amide bonds. The van der Waals surface area contributed by atoms with Crippen LogP contribution in [0.5, 0.6) is 11.5 Å². The van der Waals surface area contributed by atoms with Crippen LogP contribution in [0.1, 0.15) is 24.8 Å². The van der Waals surface area contributed by atoms with Crippen molar-refractivity contribution in [3.05, 3.63) is 54.4 Å². The van der Waals surface area contributed by atoms with E-state index in [1.54, 1.807) is 30.5 Å². The molecule has 7 nitrogen and oxygen atoms in total. The smallest absolute Gasteiger partial charge is 0.243 e. The van der Waals surface area contributed by atoms with E-state index in [0.717, 1.165) is 18.4 Å². The molecule has 4 rings (SSSR count). The van der Waals surface area contributed by atoms with Gasteiger partial charge < -0.3 is 19.7 Å². The number of nitrogens with one attached hydrogen (secondary N) is 1. The van der Waals surface area contributed by atoms with Crippen molar-refractivity contribution in [1.82, 2.24) is 15.2 Å². The Morgan fingerprint density at radius 1 is 1.21 bits per heavy atom. The van der Waals surface area contributed by atoms with Crippen LogP contribution in [0, 0.1) is 0 Å². The van der Waals surface area contributed by atoms with Crippen molar-refractivity contribution >= 4 is 11.8 Å². The summed E-state index contributed by atoms with van der Waals surface area (Å²) in [7, 11) is 1.60. The number of ether oxygens (including phenoxy) is 2. The first-order chi connectivity index (χ1) is 14.1. The molecule has 0 bridgehead atoms. The van der Waals surface area contributed by atoms with Gasteiger partial charge in [-0.15, -0.1) is 0 Å². The number of carbonyl (C=O) groups excluding carboxylic acids is 2. The number of rotatable bonds is 7. The zero-order chi connectivity index (χ0) is 20.2. The van der Waals surface area contributed by atoms with Gasteiger partial charge in [-0.25, -0.2) is 0 Å². The summed E-state index contributed by atoms with van der Waals surface area (Å²) < 4.78 is 11.2. The molecule has 0 spiro atoms. The third-order valence-corrected chi connectivity index (χ3v) is 5.24. The highest BCUT2D eigenvalue weighted by Crippen LogP contribution is 2.26. The van der Waals surface area contributed by atoms with Crippen molar-refractivity contribution in [2.24, 2.45) is 0 Å². The van der Waals surface area contributed by atoms with E-state index >= 15 is 0 Å². The molecule has 1 aliphatic carbocycles. The second kappa shape index (κ2) is 8.51. The normalized spacial score (nSPS) is 20.9. The molecule has 1 saturated heterocycles. The molecular weight excluding hydrogens is 370 g/mol. The van der Waals surface area contributed by atoms with E-state index in [-0.39, 0.29) is 30.4 Å². The van der Waals surface area contributed by atoms with Crippen LogP contribution in [-0.2, 0) is 16.0 Å². The first-order valence-corrected chi connectivity index (χ1v) is 9.92. The Morgan fingerprint density at radius 3 is 2.76 bits per heavy atom. The van der Waals surface area contributed by atoms with Gasteiger partial charge >= 0.3 is 0 Å². The molecular formula is C22H25N3O4. The summed E-state index contributed by atoms with van der Waals surface area (Å²) in [5.74, 6) is 1.16. The van der Waals surface area contributed by atoms with Crippen molar-refractivity contribution in [2.75, 3.05) is 13.7 Å². The van der Waals surface area contributed by atoms with E-state index in [0.29, 0.717) is 24.5 Å². The minimum atomic E-state index is -0.518. The Hall–Kier alpha value is -3.09. The van der Waals surface area contributed by atoms with Crippen LogP contribution in [0.4, 0.5) is 0 Å². The second-order valence-electron chi connectivity index (χ2n) is 7.54. The monoisotopic (exact) mass is 395 g/mol. The van der Waals surface area contributed by atoms with Crippen LogP contribution in [-0.4, -0.2) is 53.5 Å². The summed E-state index contributed by atoms with van der Waals surface area (Å²) in [4.78, 5) is 31.5. The van der Waals surface area contributed by atoms with Gasteiger partial charge in [-0.1, -0.05) is 12.1 Å². The van der Waals surface area contributed by atoms with Gasteiger partial charge in [0, 0.05) is 18.7 Å². The number of carbonyl (C=O) groups is 2. The number of benzene rings is 1. The van der Waals surface area contributed by atoms with Gasteiger partial charge in [0.15, 0.2) is 0 Å². The fourth-order valence-corrected chi connectivity index (χ4v) is 3.60. The number of pyridine rings is 1. The summed E-state index contributed by atoms with van der Waals surface area (Å²) in [6, 6.07) is 10.8. The third-order valence-electron chi connectivity index (χ3n) is 5.24. The van der Waals surface area contributed by atoms with Gasteiger partial charge in [0.2, 0.25) is 11.8 Å². The maximum absolute atomic E-state index is 13.1. The molecule has 1 aliphatic heterocycles. The minimum Gasteiger partial charge on any atom is -0.497 e. The molecule has 29 heavy (non-hydrogen) atoms. The zero-order valence-electron chi connectivity index (χ0n) is 16.4. The molecule has 2 aromatic rings. The Balaban J connectivity index is 1.47. The summed E-state index contributed by atoms with van der Waals surface area (Å²) in [5, 5.41) is 3.03. The van der Waals surface area contributed by atoms with E-state index < -0.39 is 6.04 Å². The molecule has 2 fully saturated rings. The Kier molecular flexibility index (Phi) is 5.64. The minimum absolute atomic E-state index is 0.0912. The Morgan fingerprint density at radius 2 is 2.03 bits per heavy atom. The topological polar surface area (TPSA) is 80.8 Å². The molecule has 1 saturated carbocycles. The number of aromatic nitrogens is 1. The predicted octanol–water partition coefficient (Wildman–Crippen LogP) is 1.96. The molecule has 0 radical (unpaired) electrons. The summed E-state index contributed by atoms with van der Waals surface area (Å²) in [6.07, 6.45) is 5.76. The largest absolute Gasteiger partial charge is 0.497 e. The lowest BCUT2D eigenvalue weighted by atomic mass is 10.1. The van der Waals surface area contributed by atoms with Crippen molar-refractivity contribution in [2.45, 2.75) is 43.9 Å². The average Bonchev–Trinajstić information content (AvgIpc) is 3.45. The van der Waals surface area contributed by atoms with Crippen LogP contribution < -0.4 is 14.8 Å². The van der Waals surface area contributed by atoms with Crippen molar-refractivity contribution in [3.63, 3.8) is 0 Å². The van der Waals surface area contributed by atoms with Crippen molar-refractivity contribution < 1.29 is 19.1 Å². The fraction of sp³-hybridized carbons (Fsp3) is 0.409. The maximum atomic E-state index is 13.1. The summed E-state index contributed by atoms with van der Waals surface area (Å²) in [6.45, 7) is 0.375. The van der Waals surface area contributed by atoms with E-state index in [2.05, 4.69) is 10.3 Å². The van der Waals surface area contributed by atoms with Crippen LogP contribution in [0.15, 0.2) is 48.8 Å². The van der Waals surface area contributed by atoms with Gasteiger partial charge in [-0.05, 0) is 42.7 Å². The van der Waals surface area contributed by atoms with E-state index in [4.69, 9.17) is 9.47 Å². The average molecular weight is 395 g/mol. The van der Waals surface area contributed by atoms with E-state index in [9.17, 15) is 9.59 Å². The van der Waals surface area contributed by atoms with Crippen molar-refractivity contribution in [3.8, 4) is 11.5 Å². The highest BCUT2D eigenvalue weighted by atomic mass is 16.5. The van der Waals surface area contributed by atoms with Gasteiger partial charge in [-0.3, -0.25) is 14.6 Å². The highest BCUT2D eigenvalue weighted by Gasteiger charge is 2.41. The first-order valence-electron chi connectivity index (χ1n) is 9.92. The van der Waals surface area contributed by atoms with Crippen LogP contribution in [0.3, 0.4) is 0 Å². The number of hydrogen-bond donors (Lipinski definition) is 1. The molecule has 1 aromatic heterocycles. The summed E-state index contributed by atoms with van der Waals surface area (Å²) in [5.41, 5.74) is 0.854. The summed E-state index contributed by atoms with van der Waals surface area (Å²) >= 11 is 0. The number of hydrogen-bond acceptors (Lipinski definition) is 5. The first kappa shape index (κ1) is 19.2. The molecule has 2 heterocycles. The molecule has 2 unspecified atom stereocenters. The van der Waals surface area contributed by atoms with Crippen LogP contribution >= 0.6 is 0 Å². The van der Waals surface area contributed by atoms with Gasteiger partial charge in [0.25, 0.3) is 0 Å². The van der Waals surface area contributed by atoms with Gasteiger partial charge in [0.1, 0.15) is 23.6 Å². The Labute approximate surface area is 170 Å². The van der Waals surface area contributed by atoms with Crippen LogP contribution in [0.2, 0.25) is 0 Å². The molecule has 2 atom stereocenters.